The van der Waals surface area contributed by atoms with Gasteiger partial charge in [-0.05, 0) is 25.7 Å². The molecule has 0 bridgehead atoms. The normalized spacial score (nSPS) is 23.0. The van der Waals surface area contributed by atoms with Crippen molar-refractivity contribution < 1.29 is 19.2 Å². The summed E-state index contributed by atoms with van der Waals surface area (Å²) in [6.45, 7) is 0. The number of carbonyl (C=O) groups excluding carboxylic acids is 4. The van der Waals surface area contributed by atoms with Crippen LogP contribution < -0.4 is 0 Å². The van der Waals surface area contributed by atoms with Gasteiger partial charge in [-0.2, -0.15) is 0 Å². The van der Waals surface area contributed by atoms with Gasteiger partial charge in [-0.3, -0.25) is 19.2 Å². The van der Waals surface area contributed by atoms with Gasteiger partial charge in [-0.1, -0.05) is 12.2 Å². The average molecular weight is 276 g/mol. The van der Waals surface area contributed by atoms with Crippen molar-refractivity contribution >= 4 is 23.1 Å². The Morgan fingerprint density at radius 3 is 1.25 bits per heavy atom. The highest BCUT2D eigenvalue weighted by Gasteiger charge is 2.30. The predicted molar refractivity (Wildman–Crippen MR) is 73.1 cm³/mol. The van der Waals surface area contributed by atoms with Crippen LogP contribution in [0.3, 0.4) is 0 Å². The molecule has 0 aromatic heterocycles. The Hall–Kier alpha value is -1.58. The summed E-state index contributed by atoms with van der Waals surface area (Å²) in [6, 6.07) is 0. The number of rotatable bonds is 4. The second-order valence-corrected chi connectivity index (χ2v) is 5.62. The molecular formula is C16H20O4. The Morgan fingerprint density at radius 2 is 0.950 bits per heavy atom. The molecule has 4 nitrogen and oxygen atoms in total. The summed E-state index contributed by atoms with van der Waals surface area (Å²) in [6.07, 6.45) is 7.68. The smallest absolute Gasteiger partial charge is 0.143 e. The Kier molecular flexibility index (Phi) is 4.99. The number of carbonyl (C=O) groups is 4. The molecule has 0 saturated heterocycles. The van der Waals surface area contributed by atoms with Crippen molar-refractivity contribution in [1.82, 2.24) is 0 Å². The van der Waals surface area contributed by atoms with E-state index < -0.39 is 11.8 Å². The van der Waals surface area contributed by atoms with E-state index in [1.165, 1.54) is 0 Å². The molecule has 0 unspecified atom stereocenters. The Morgan fingerprint density at radius 1 is 0.650 bits per heavy atom. The molecule has 0 N–H and O–H groups in total. The molecule has 20 heavy (non-hydrogen) atoms. The molecule has 0 heterocycles. The summed E-state index contributed by atoms with van der Waals surface area (Å²) < 4.78 is 0. The van der Waals surface area contributed by atoms with Crippen LogP contribution in [0.25, 0.3) is 0 Å². The minimum absolute atomic E-state index is 0.0238. The quantitative estimate of drug-likeness (QED) is 0.583. The van der Waals surface area contributed by atoms with E-state index in [9.17, 15) is 19.2 Å². The Labute approximate surface area is 118 Å². The average Bonchev–Trinajstić information content (AvgIpc) is 2.40. The third-order valence-electron chi connectivity index (χ3n) is 4.16. The molecule has 2 rings (SSSR count). The second kappa shape index (κ2) is 6.73. The summed E-state index contributed by atoms with van der Waals surface area (Å²) in [5.74, 6) is -0.909. The van der Waals surface area contributed by atoms with Crippen LogP contribution >= 0.6 is 0 Å². The van der Waals surface area contributed by atoms with Crippen LogP contribution in [0.15, 0.2) is 12.2 Å². The summed E-state index contributed by atoms with van der Waals surface area (Å²) in [5, 5.41) is 0. The fraction of sp³-hybridized carbons (Fsp3) is 0.625. The second-order valence-electron chi connectivity index (χ2n) is 5.62. The molecule has 2 fully saturated rings. The van der Waals surface area contributed by atoms with E-state index >= 15 is 0 Å². The van der Waals surface area contributed by atoms with Crippen LogP contribution in [-0.4, -0.2) is 23.1 Å². The van der Waals surface area contributed by atoms with Gasteiger partial charge in [0.25, 0.3) is 0 Å². The molecule has 0 spiro atoms. The van der Waals surface area contributed by atoms with E-state index in [0.717, 1.165) is 0 Å². The zero-order chi connectivity index (χ0) is 14.5. The number of ketones is 4. The molecule has 2 saturated carbocycles. The topological polar surface area (TPSA) is 68.3 Å². The SMILES string of the molecule is O=C1CCCC(=O)C1CC=CCC1C(=O)CCCC1=O. The first-order valence-corrected chi connectivity index (χ1v) is 7.35. The highest BCUT2D eigenvalue weighted by Crippen LogP contribution is 2.23. The standard InChI is InChI=1S/C16H20O4/c17-13-7-3-8-14(18)11(13)5-1-2-6-12-15(19)9-4-10-16(12)20/h1-2,11-12H,3-10H2. The van der Waals surface area contributed by atoms with E-state index in [1.54, 1.807) is 12.2 Å². The summed E-state index contributed by atoms with van der Waals surface area (Å²) in [4.78, 5) is 46.6. The van der Waals surface area contributed by atoms with Crippen molar-refractivity contribution in [1.29, 1.82) is 0 Å². The molecule has 108 valence electrons. The molecule has 2 aliphatic carbocycles. The van der Waals surface area contributed by atoms with Gasteiger partial charge in [0.1, 0.15) is 23.1 Å². The molecule has 4 heteroatoms. The van der Waals surface area contributed by atoms with Crippen molar-refractivity contribution in [2.75, 3.05) is 0 Å². The van der Waals surface area contributed by atoms with E-state index in [0.29, 0.717) is 51.4 Å². The summed E-state index contributed by atoms with van der Waals surface area (Å²) in [7, 11) is 0. The lowest BCUT2D eigenvalue weighted by Gasteiger charge is -2.18. The van der Waals surface area contributed by atoms with Crippen molar-refractivity contribution in [3.05, 3.63) is 12.2 Å². The first kappa shape index (κ1) is 14.8. The zero-order valence-corrected chi connectivity index (χ0v) is 11.6. The zero-order valence-electron chi connectivity index (χ0n) is 11.6. The van der Waals surface area contributed by atoms with Crippen LogP contribution in [-0.2, 0) is 19.2 Å². The number of Topliss-reactive ketones (excluding diaryl/α,β-unsaturated/α-hetero) is 4. The third-order valence-corrected chi connectivity index (χ3v) is 4.16. The Balaban J connectivity index is 1.84. The van der Waals surface area contributed by atoms with Crippen LogP contribution in [0.4, 0.5) is 0 Å². The van der Waals surface area contributed by atoms with Crippen LogP contribution in [0.2, 0.25) is 0 Å². The molecule has 0 aromatic carbocycles. The van der Waals surface area contributed by atoms with Gasteiger partial charge in [0.05, 0.1) is 11.8 Å². The molecule has 0 aromatic rings. The lowest BCUT2D eigenvalue weighted by molar-refractivity contribution is -0.137. The fourth-order valence-corrected chi connectivity index (χ4v) is 2.92. The molecule has 2 aliphatic rings. The van der Waals surface area contributed by atoms with Gasteiger partial charge in [0.2, 0.25) is 0 Å². The van der Waals surface area contributed by atoms with E-state index in [1.807, 2.05) is 0 Å². The van der Waals surface area contributed by atoms with Gasteiger partial charge >= 0.3 is 0 Å². The molecular weight excluding hydrogens is 256 g/mol. The van der Waals surface area contributed by atoms with Crippen molar-refractivity contribution in [2.45, 2.75) is 51.4 Å². The highest BCUT2D eigenvalue weighted by atomic mass is 16.2. The minimum Gasteiger partial charge on any atom is -0.299 e. The lowest BCUT2D eigenvalue weighted by atomic mass is 9.83. The van der Waals surface area contributed by atoms with Crippen LogP contribution in [0.5, 0.6) is 0 Å². The number of allylic oxidation sites excluding steroid dienone is 2. The first-order chi connectivity index (χ1) is 9.59. The third kappa shape index (κ3) is 3.50. The Bertz CT molecular complexity index is 387. The van der Waals surface area contributed by atoms with E-state index in [-0.39, 0.29) is 23.1 Å². The van der Waals surface area contributed by atoms with Crippen molar-refractivity contribution in [3.63, 3.8) is 0 Å². The maximum Gasteiger partial charge on any atom is 0.143 e. The first-order valence-electron chi connectivity index (χ1n) is 7.35. The summed E-state index contributed by atoms with van der Waals surface area (Å²) in [5.41, 5.74) is 0. The number of hydrogen-bond donors (Lipinski definition) is 0. The minimum atomic E-state index is -0.502. The van der Waals surface area contributed by atoms with Gasteiger partial charge in [0, 0.05) is 25.7 Å². The van der Waals surface area contributed by atoms with Crippen LogP contribution in [0.1, 0.15) is 51.4 Å². The van der Waals surface area contributed by atoms with Gasteiger partial charge in [-0.25, -0.2) is 0 Å². The van der Waals surface area contributed by atoms with Crippen LogP contribution in [0, 0.1) is 11.8 Å². The van der Waals surface area contributed by atoms with Gasteiger partial charge < -0.3 is 0 Å². The van der Waals surface area contributed by atoms with Gasteiger partial charge in [0.15, 0.2) is 0 Å². The summed E-state index contributed by atoms with van der Waals surface area (Å²) >= 11 is 0. The van der Waals surface area contributed by atoms with Gasteiger partial charge in [-0.15, -0.1) is 0 Å². The molecule has 0 atom stereocenters. The highest BCUT2D eigenvalue weighted by molar-refractivity contribution is 6.05. The molecule has 0 aliphatic heterocycles. The fourth-order valence-electron chi connectivity index (χ4n) is 2.92. The van der Waals surface area contributed by atoms with Crippen molar-refractivity contribution in [3.8, 4) is 0 Å². The lowest BCUT2D eigenvalue weighted by Crippen LogP contribution is -2.28. The van der Waals surface area contributed by atoms with E-state index in [2.05, 4.69) is 0 Å². The molecule has 0 amide bonds. The maximum atomic E-state index is 11.6. The number of hydrogen-bond acceptors (Lipinski definition) is 4. The largest absolute Gasteiger partial charge is 0.299 e. The van der Waals surface area contributed by atoms with E-state index in [4.69, 9.17) is 0 Å². The monoisotopic (exact) mass is 276 g/mol. The molecule has 0 radical (unpaired) electrons. The predicted octanol–water partition coefficient (Wildman–Crippen LogP) is 2.20. The maximum absolute atomic E-state index is 11.6. The van der Waals surface area contributed by atoms with Crippen molar-refractivity contribution in [2.24, 2.45) is 11.8 Å².